The van der Waals surface area contributed by atoms with E-state index in [1.807, 2.05) is 13.0 Å². The van der Waals surface area contributed by atoms with E-state index in [-0.39, 0.29) is 29.0 Å². The molecule has 4 aliphatic carbocycles. The zero-order valence-corrected chi connectivity index (χ0v) is 17.8. The maximum absolute atomic E-state index is 11.9. The Kier molecular flexibility index (Phi) is 5.05. The summed E-state index contributed by atoms with van der Waals surface area (Å²) in [5.41, 5.74) is -1.41. The standard InChI is InChI=1S/C21H31O7P/c1-19-9-7-14(22)10-13(19)5-6-15-16-4-3-8-21(24,12-28-29(25,26)27)20(16,2)11-17(23)18(15)19/h7,9-10,15-18,23-24H,3-6,8,11-12H2,1-2H3,(H2,25,26,27)/t15-,16-,17-,18+,19-,20-,21-/m0/s1. The van der Waals surface area contributed by atoms with Crippen LogP contribution in [0.4, 0.5) is 0 Å². The monoisotopic (exact) mass is 426 g/mol. The molecule has 7 atom stereocenters. The average molecular weight is 426 g/mol. The second kappa shape index (κ2) is 6.84. The minimum absolute atomic E-state index is 0.00677. The number of aliphatic hydroxyl groups is 2. The van der Waals surface area contributed by atoms with Crippen molar-refractivity contribution in [3.8, 4) is 0 Å². The van der Waals surface area contributed by atoms with Crippen LogP contribution in [-0.4, -0.2) is 44.1 Å². The topological polar surface area (TPSA) is 124 Å². The lowest BCUT2D eigenvalue weighted by atomic mass is 9.42. The molecular weight excluding hydrogens is 395 g/mol. The number of allylic oxidation sites excluding steroid dienone is 4. The number of phosphoric ester groups is 1. The number of carbonyl (C=O) groups is 1. The number of aliphatic hydroxyl groups excluding tert-OH is 1. The molecule has 0 radical (unpaired) electrons. The van der Waals surface area contributed by atoms with Crippen LogP contribution in [-0.2, 0) is 13.9 Å². The highest BCUT2D eigenvalue weighted by Gasteiger charge is 2.64. The molecule has 0 aliphatic heterocycles. The van der Waals surface area contributed by atoms with E-state index >= 15 is 0 Å². The first-order chi connectivity index (χ1) is 13.4. The molecule has 0 spiro atoms. The normalized spacial score (nSPS) is 47.1. The zero-order chi connectivity index (χ0) is 21.2. The van der Waals surface area contributed by atoms with Crippen LogP contribution in [0.2, 0.25) is 0 Å². The van der Waals surface area contributed by atoms with E-state index in [2.05, 4.69) is 6.92 Å². The van der Waals surface area contributed by atoms with Crippen molar-refractivity contribution in [3.05, 3.63) is 23.8 Å². The van der Waals surface area contributed by atoms with Gasteiger partial charge in [0, 0.05) is 16.7 Å². The van der Waals surface area contributed by atoms with Gasteiger partial charge < -0.3 is 20.0 Å². The predicted molar refractivity (Wildman–Crippen MR) is 106 cm³/mol. The first-order valence-corrected chi connectivity index (χ1v) is 12.0. The molecule has 0 heterocycles. The largest absolute Gasteiger partial charge is 0.469 e. The third kappa shape index (κ3) is 3.31. The lowest BCUT2D eigenvalue weighted by molar-refractivity contribution is -0.225. The van der Waals surface area contributed by atoms with Gasteiger partial charge in [0.25, 0.3) is 0 Å². The average Bonchev–Trinajstić information content (AvgIpc) is 2.61. The minimum atomic E-state index is -4.70. The fourth-order valence-corrected chi connectivity index (χ4v) is 7.45. The van der Waals surface area contributed by atoms with Crippen LogP contribution >= 0.6 is 7.82 Å². The zero-order valence-electron chi connectivity index (χ0n) is 17.0. The Hall–Kier alpha value is -0.820. The molecule has 0 saturated heterocycles. The highest BCUT2D eigenvalue weighted by Crippen LogP contribution is 2.65. The van der Waals surface area contributed by atoms with E-state index in [0.29, 0.717) is 12.8 Å². The van der Waals surface area contributed by atoms with Crippen molar-refractivity contribution in [3.63, 3.8) is 0 Å². The summed E-state index contributed by atoms with van der Waals surface area (Å²) in [6.07, 6.45) is 8.55. The van der Waals surface area contributed by atoms with Gasteiger partial charge in [-0.25, -0.2) is 4.57 Å². The molecule has 4 N–H and O–H groups in total. The lowest BCUT2D eigenvalue weighted by Gasteiger charge is -2.64. The van der Waals surface area contributed by atoms with Crippen molar-refractivity contribution in [2.24, 2.45) is 28.6 Å². The summed E-state index contributed by atoms with van der Waals surface area (Å²) in [7, 11) is -4.70. The fourth-order valence-electron chi connectivity index (χ4n) is 7.07. The first-order valence-electron chi connectivity index (χ1n) is 10.4. The number of phosphoric acid groups is 1. The van der Waals surface area contributed by atoms with Crippen LogP contribution in [0, 0.1) is 28.6 Å². The smallest absolute Gasteiger partial charge is 0.393 e. The van der Waals surface area contributed by atoms with Gasteiger partial charge in [-0.05, 0) is 56.1 Å². The lowest BCUT2D eigenvalue weighted by Crippen LogP contribution is -2.65. The maximum Gasteiger partial charge on any atom is 0.469 e. The summed E-state index contributed by atoms with van der Waals surface area (Å²) in [6, 6.07) is 0. The van der Waals surface area contributed by atoms with E-state index < -0.39 is 31.5 Å². The molecule has 8 heteroatoms. The second-order valence-electron chi connectivity index (χ2n) is 9.90. The molecule has 162 valence electrons. The summed E-state index contributed by atoms with van der Waals surface area (Å²) in [4.78, 5) is 30.2. The Morgan fingerprint density at radius 3 is 2.69 bits per heavy atom. The van der Waals surface area contributed by atoms with Crippen molar-refractivity contribution in [2.45, 2.75) is 64.1 Å². The molecule has 3 fully saturated rings. The van der Waals surface area contributed by atoms with Crippen LogP contribution < -0.4 is 0 Å². The Morgan fingerprint density at radius 1 is 1.28 bits per heavy atom. The first kappa shape index (κ1) is 21.4. The van der Waals surface area contributed by atoms with Gasteiger partial charge >= 0.3 is 7.82 Å². The van der Waals surface area contributed by atoms with Crippen molar-refractivity contribution in [2.75, 3.05) is 6.61 Å². The molecule has 0 aromatic carbocycles. The summed E-state index contributed by atoms with van der Waals surface area (Å²) in [6.45, 7) is 3.59. The van der Waals surface area contributed by atoms with E-state index in [9.17, 15) is 19.6 Å². The number of hydrogen-bond acceptors (Lipinski definition) is 5. The molecule has 0 bridgehead atoms. The Bertz CT molecular complexity index is 816. The van der Waals surface area contributed by atoms with E-state index in [1.165, 1.54) is 0 Å². The van der Waals surface area contributed by atoms with Crippen molar-refractivity contribution >= 4 is 13.6 Å². The molecule has 3 saturated carbocycles. The molecular formula is C21H31O7P. The van der Waals surface area contributed by atoms with Gasteiger partial charge in [0.1, 0.15) is 0 Å². The van der Waals surface area contributed by atoms with Crippen LogP contribution in [0.15, 0.2) is 23.8 Å². The van der Waals surface area contributed by atoms with Gasteiger partial charge in [-0.2, -0.15) is 0 Å². The van der Waals surface area contributed by atoms with Crippen LogP contribution in [0.25, 0.3) is 0 Å². The van der Waals surface area contributed by atoms with Gasteiger partial charge in [0.15, 0.2) is 5.78 Å². The molecule has 0 aromatic rings. The summed E-state index contributed by atoms with van der Waals surface area (Å²) in [5, 5.41) is 22.8. The SMILES string of the molecule is C[C@]12C=CC(=O)C=C1CC[C@@H]1[C@@H]2[C@@H](O)C[C@@]2(C)[C@H]1CCC[C@]2(O)COP(=O)(O)O. The summed E-state index contributed by atoms with van der Waals surface area (Å²) < 4.78 is 16.0. The van der Waals surface area contributed by atoms with E-state index in [1.54, 1.807) is 12.2 Å². The molecule has 4 rings (SSSR count). The van der Waals surface area contributed by atoms with Gasteiger partial charge in [-0.15, -0.1) is 0 Å². The number of rotatable bonds is 3. The van der Waals surface area contributed by atoms with Gasteiger partial charge in [0.05, 0.1) is 18.3 Å². The molecule has 0 amide bonds. The Labute approximate surface area is 171 Å². The Balaban J connectivity index is 1.69. The third-order valence-electron chi connectivity index (χ3n) is 8.53. The number of ketones is 1. The van der Waals surface area contributed by atoms with E-state index in [4.69, 9.17) is 14.3 Å². The quantitative estimate of drug-likeness (QED) is 0.511. The molecule has 0 unspecified atom stereocenters. The van der Waals surface area contributed by atoms with E-state index in [0.717, 1.165) is 31.3 Å². The van der Waals surface area contributed by atoms with Crippen LogP contribution in [0.5, 0.6) is 0 Å². The second-order valence-corrected chi connectivity index (χ2v) is 11.1. The van der Waals surface area contributed by atoms with Gasteiger partial charge in [-0.1, -0.05) is 31.9 Å². The molecule has 29 heavy (non-hydrogen) atoms. The van der Waals surface area contributed by atoms with Crippen molar-refractivity contribution in [1.29, 1.82) is 0 Å². The van der Waals surface area contributed by atoms with Gasteiger partial charge in [-0.3, -0.25) is 9.32 Å². The number of hydrogen-bond donors (Lipinski definition) is 4. The van der Waals surface area contributed by atoms with Crippen molar-refractivity contribution in [1.82, 2.24) is 0 Å². The summed E-state index contributed by atoms with van der Waals surface area (Å²) in [5.74, 6) is 0.215. The summed E-state index contributed by atoms with van der Waals surface area (Å²) >= 11 is 0. The van der Waals surface area contributed by atoms with Crippen molar-refractivity contribution < 1.29 is 33.9 Å². The highest BCUT2D eigenvalue weighted by molar-refractivity contribution is 7.46. The molecule has 4 aliphatic rings. The Morgan fingerprint density at radius 2 is 2.00 bits per heavy atom. The predicted octanol–water partition coefficient (Wildman–Crippen LogP) is 2.50. The maximum atomic E-state index is 11.9. The minimum Gasteiger partial charge on any atom is -0.393 e. The van der Waals surface area contributed by atoms with Gasteiger partial charge in [0.2, 0.25) is 0 Å². The third-order valence-corrected chi connectivity index (χ3v) is 8.99. The molecule has 7 nitrogen and oxygen atoms in total. The van der Waals surface area contributed by atoms with Crippen LogP contribution in [0.1, 0.15) is 52.4 Å². The highest BCUT2D eigenvalue weighted by atomic mass is 31.2. The molecule has 0 aromatic heterocycles. The number of carbonyl (C=O) groups excluding carboxylic acids is 1. The van der Waals surface area contributed by atoms with Crippen LogP contribution in [0.3, 0.4) is 0 Å². The number of fused-ring (bicyclic) bond motifs is 5. The fraction of sp³-hybridized carbons (Fsp3) is 0.762.